The fourth-order valence-electron chi connectivity index (χ4n) is 3.75. The summed E-state index contributed by atoms with van der Waals surface area (Å²) in [4.78, 5) is 36.1. The lowest BCUT2D eigenvalue weighted by Crippen LogP contribution is -2.50. The molecule has 0 fully saturated rings. The lowest BCUT2D eigenvalue weighted by molar-refractivity contribution is -0.141. The molecule has 0 saturated carbocycles. The number of amides is 2. The molecule has 0 aliphatic heterocycles. The minimum absolute atomic E-state index is 0.0854. The second kappa shape index (κ2) is 10.1. The van der Waals surface area contributed by atoms with Crippen molar-refractivity contribution in [3.8, 4) is 11.1 Å². The molecule has 168 valence electrons. The number of allylic oxidation sites excluding steroid dienone is 1. The van der Waals surface area contributed by atoms with E-state index >= 15 is 0 Å². The minimum atomic E-state index is -1.14. The Morgan fingerprint density at radius 3 is 2.09 bits per heavy atom. The van der Waals surface area contributed by atoms with Gasteiger partial charge in [0.05, 0.1) is 0 Å². The van der Waals surface area contributed by atoms with Crippen LogP contribution in [-0.2, 0) is 14.3 Å². The summed E-state index contributed by atoms with van der Waals surface area (Å²) in [6.07, 6.45) is 1.18. The predicted octanol–water partition coefficient (Wildman–Crippen LogP) is 3.84. The Morgan fingerprint density at radius 1 is 1.00 bits per heavy atom. The van der Waals surface area contributed by atoms with Gasteiger partial charge in [-0.2, -0.15) is 0 Å². The highest BCUT2D eigenvalue weighted by Gasteiger charge is 2.29. The Hall–Kier alpha value is -3.61. The molecule has 2 aromatic rings. The molecule has 0 bridgehead atoms. The van der Waals surface area contributed by atoms with Crippen molar-refractivity contribution in [1.29, 1.82) is 0 Å². The average molecular weight is 437 g/mol. The Kier molecular flexibility index (Phi) is 7.30. The summed E-state index contributed by atoms with van der Waals surface area (Å²) in [6.45, 7) is 5.31. The van der Waals surface area contributed by atoms with E-state index in [1.165, 1.54) is 6.92 Å². The highest BCUT2D eigenvalue weighted by atomic mass is 16.5. The molecule has 0 saturated heterocycles. The molecule has 2 aromatic carbocycles. The molecule has 1 aliphatic rings. The molecule has 3 N–H and O–H groups in total. The first kappa shape index (κ1) is 23.1. The van der Waals surface area contributed by atoms with Gasteiger partial charge in [-0.15, -0.1) is 0 Å². The van der Waals surface area contributed by atoms with Crippen molar-refractivity contribution in [2.75, 3.05) is 6.61 Å². The predicted molar refractivity (Wildman–Crippen MR) is 121 cm³/mol. The van der Waals surface area contributed by atoms with Gasteiger partial charge >= 0.3 is 12.1 Å². The van der Waals surface area contributed by atoms with Gasteiger partial charge in [-0.3, -0.25) is 4.79 Å². The second-order valence-electron chi connectivity index (χ2n) is 8.11. The Labute approximate surface area is 187 Å². The molecule has 32 heavy (non-hydrogen) atoms. The van der Waals surface area contributed by atoms with Gasteiger partial charge in [0.25, 0.3) is 0 Å². The van der Waals surface area contributed by atoms with E-state index in [-0.39, 0.29) is 18.9 Å². The largest absolute Gasteiger partial charge is 0.480 e. The maximum absolute atomic E-state index is 12.4. The lowest BCUT2D eigenvalue weighted by atomic mass is 9.98. The molecule has 7 heteroatoms. The standard InChI is InChI=1S/C25H28N2O5/c1-15(2)12-13-22(24(29)30)27-23(28)16(3)26-25(31)32-14-21-19-10-6-4-8-17(19)18-9-5-7-11-20(18)21/h4-12,16,21-22H,13-14H2,1-3H3,(H,26,31)(H,27,28)(H,29,30). The maximum Gasteiger partial charge on any atom is 0.407 e. The molecular formula is C25H28N2O5. The van der Waals surface area contributed by atoms with E-state index in [4.69, 9.17) is 4.74 Å². The number of alkyl carbamates (subject to hydrolysis) is 1. The smallest absolute Gasteiger partial charge is 0.407 e. The van der Waals surface area contributed by atoms with Gasteiger partial charge in [0.2, 0.25) is 5.91 Å². The molecule has 7 nitrogen and oxygen atoms in total. The number of ether oxygens (including phenoxy) is 1. The van der Waals surface area contributed by atoms with Crippen LogP contribution in [0.3, 0.4) is 0 Å². The van der Waals surface area contributed by atoms with Gasteiger partial charge in [0.15, 0.2) is 0 Å². The summed E-state index contributed by atoms with van der Waals surface area (Å²) in [6, 6.07) is 14.0. The second-order valence-corrected chi connectivity index (χ2v) is 8.11. The monoisotopic (exact) mass is 436 g/mol. The topological polar surface area (TPSA) is 105 Å². The van der Waals surface area contributed by atoms with Crippen LogP contribution in [-0.4, -0.2) is 41.8 Å². The van der Waals surface area contributed by atoms with Crippen LogP contribution in [0.25, 0.3) is 11.1 Å². The van der Waals surface area contributed by atoms with Crippen molar-refractivity contribution in [3.63, 3.8) is 0 Å². The van der Waals surface area contributed by atoms with Crippen molar-refractivity contribution in [1.82, 2.24) is 10.6 Å². The van der Waals surface area contributed by atoms with Crippen molar-refractivity contribution in [3.05, 3.63) is 71.3 Å². The third-order valence-corrected chi connectivity index (χ3v) is 5.45. The third-order valence-electron chi connectivity index (χ3n) is 5.45. The molecule has 1 aliphatic carbocycles. The van der Waals surface area contributed by atoms with E-state index in [2.05, 4.69) is 22.8 Å². The molecule has 0 spiro atoms. The highest BCUT2D eigenvalue weighted by molar-refractivity contribution is 5.89. The zero-order chi connectivity index (χ0) is 23.3. The Morgan fingerprint density at radius 2 is 1.56 bits per heavy atom. The van der Waals surface area contributed by atoms with Gasteiger partial charge in [-0.25, -0.2) is 9.59 Å². The van der Waals surface area contributed by atoms with Crippen molar-refractivity contribution < 1.29 is 24.2 Å². The number of aliphatic carboxylic acids is 1. The number of carbonyl (C=O) groups excluding carboxylic acids is 2. The SMILES string of the molecule is CC(C)=CCC(NC(=O)C(C)NC(=O)OCC1c2ccccc2-c2ccccc21)C(=O)O. The van der Waals surface area contributed by atoms with Gasteiger partial charge in [0, 0.05) is 5.92 Å². The minimum Gasteiger partial charge on any atom is -0.480 e. The van der Waals surface area contributed by atoms with Crippen LogP contribution >= 0.6 is 0 Å². The first-order valence-corrected chi connectivity index (χ1v) is 10.6. The van der Waals surface area contributed by atoms with Crippen LogP contribution in [0.15, 0.2) is 60.2 Å². The first-order chi connectivity index (χ1) is 15.3. The van der Waals surface area contributed by atoms with E-state index in [1.807, 2.05) is 50.2 Å². The highest BCUT2D eigenvalue weighted by Crippen LogP contribution is 2.44. The van der Waals surface area contributed by atoms with Crippen LogP contribution in [0.1, 0.15) is 44.2 Å². The van der Waals surface area contributed by atoms with Crippen LogP contribution < -0.4 is 10.6 Å². The van der Waals surface area contributed by atoms with Gasteiger partial charge in [0.1, 0.15) is 18.7 Å². The molecule has 2 unspecified atom stereocenters. The fourth-order valence-corrected chi connectivity index (χ4v) is 3.75. The molecule has 3 rings (SSSR count). The number of rotatable bonds is 8. The summed E-state index contributed by atoms with van der Waals surface area (Å²) in [5.74, 6) is -1.81. The van der Waals surface area contributed by atoms with Crippen LogP contribution in [0.4, 0.5) is 4.79 Å². The zero-order valence-electron chi connectivity index (χ0n) is 18.4. The van der Waals surface area contributed by atoms with E-state index in [0.29, 0.717) is 0 Å². The number of fused-ring (bicyclic) bond motifs is 3. The quantitative estimate of drug-likeness (QED) is 0.546. The van der Waals surface area contributed by atoms with E-state index in [1.54, 1.807) is 6.08 Å². The van der Waals surface area contributed by atoms with E-state index in [9.17, 15) is 19.5 Å². The number of benzene rings is 2. The van der Waals surface area contributed by atoms with Gasteiger partial charge in [-0.05, 0) is 49.4 Å². The Bertz CT molecular complexity index is 997. The fraction of sp³-hybridized carbons (Fsp3) is 0.320. The summed E-state index contributed by atoms with van der Waals surface area (Å²) in [5.41, 5.74) is 5.39. The number of hydrogen-bond donors (Lipinski definition) is 3. The normalized spacial score (nSPS) is 13.8. The van der Waals surface area contributed by atoms with E-state index in [0.717, 1.165) is 27.8 Å². The Balaban J connectivity index is 1.57. The number of hydrogen-bond acceptors (Lipinski definition) is 4. The van der Waals surface area contributed by atoms with Crippen molar-refractivity contribution >= 4 is 18.0 Å². The van der Waals surface area contributed by atoms with Gasteiger partial charge in [-0.1, -0.05) is 60.2 Å². The molecular weight excluding hydrogens is 408 g/mol. The van der Waals surface area contributed by atoms with Crippen LogP contribution in [0.5, 0.6) is 0 Å². The van der Waals surface area contributed by atoms with Crippen molar-refractivity contribution in [2.24, 2.45) is 0 Å². The van der Waals surface area contributed by atoms with Crippen LogP contribution in [0, 0.1) is 0 Å². The third kappa shape index (κ3) is 5.35. The van der Waals surface area contributed by atoms with E-state index < -0.39 is 30.1 Å². The van der Waals surface area contributed by atoms with Crippen LogP contribution in [0.2, 0.25) is 0 Å². The molecule has 0 radical (unpaired) electrons. The van der Waals surface area contributed by atoms with Gasteiger partial charge < -0.3 is 20.5 Å². The number of carboxylic acid groups (broad SMARTS) is 1. The summed E-state index contributed by atoms with van der Waals surface area (Å²) in [7, 11) is 0. The number of nitrogens with one attached hydrogen (secondary N) is 2. The average Bonchev–Trinajstić information content (AvgIpc) is 3.08. The van der Waals surface area contributed by atoms with Crippen molar-refractivity contribution in [2.45, 2.75) is 45.2 Å². The maximum atomic E-state index is 12.4. The lowest BCUT2D eigenvalue weighted by Gasteiger charge is -2.19. The zero-order valence-corrected chi connectivity index (χ0v) is 18.4. The molecule has 0 aromatic heterocycles. The molecule has 2 amide bonds. The molecule has 0 heterocycles. The summed E-state index contributed by atoms with van der Waals surface area (Å²) < 4.78 is 5.44. The number of carboxylic acids is 1. The first-order valence-electron chi connectivity index (χ1n) is 10.6. The number of carbonyl (C=O) groups is 3. The molecule has 2 atom stereocenters. The summed E-state index contributed by atoms with van der Waals surface area (Å²) >= 11 is 0. The summed E-state index contributed by atoms with van der Waals surface area (Å²) in [5, 5.41) is 14.2.